The Morgan fingerprint density at radius 3 is 2.57 bits per heavy atom. The lowest BCUT2D eigenvalue weighted by Crippen LogP contribution is -2.05. The van der Waals surface area contributed by atoms with Crippen molar-refractivity contribution >= 4 is 5.69 Å². The summed E-state index contributed by atoms with van der Waals surface area (Å²) in [4.78, 5) is 10.9. The van der Waals surface area contributed by atoms with Crippen molar-refractivity contribution in [3.05, 3.63) is 50.8 Å². The summed E-state index contributed by atoms with van der Waals surface area (Å²) in [5.74, 6) is 0. The van der Waals surface area contributed by atoms with Crippen LogP contribution in [0.2, 0.25) is 0 Å². The highest BCUT2D eigenvalue weighted by Crippen LogP contribution is 2.29. The Balaban J connectivity index is 2.66. The molecule has 2 rings (SSSR count). The number of hydrogen-bond donors (Lipinski definition) is 1. The van der Waals surface area contributed by atoms with Gasteiger partial charge in [0.25, 0.3) is 5.69 Å². The normalized spacial score (nSPS) is 12.4. The number of hydrogen-bond acceptors (Lipinski definition) is 4. The molecule has 1 heterocycles. The van der Waals surface area contributed by atoms with Gasteiger partial charge in [-0.25, -0.2) is 4.68 Å². The van der Waals surface area contributed by atoms with E-state index >= 15 is 0 Å². The number of nitro benzene ring substituents is 1. The van der Waals surface area contributed by atoms with E-state index in [4.69, 9.17) is 0 Å². The van der Waals surface area contributed by atoms with Crippen molar-refractivity contribution in [3.63, 3.8) is 0 Å². The van der Waals surface area contributed by atoms with E-state index in [0.717, 1.165) is 23.4 Å². The van der Waals surface area contributed by atoms with Crippen LogP contribution in [0.5, 0.6) is 0 Å². The molecule has 0 aliphatic carbocycles. The maximum atomic E-state index is 11.3. The predicted octanol–water partition coefficient (Wildman–Crippen LogP) is 3.01. The molecule has 112 valence electrons. The summed E-state index contributed by atoms with van der Waals surface area (Å²) in [6.45, 7) is 7.42. The Morgan fingerprint density at radius 2 is 2.10 bits per heavy atom. The summed E-state index contributed by atoms with van der Waals surface area (Å²) in [5.41, 5.74) is 3.77. The van der Waals surface area contributed by atoms with Crippen LogP contribution < -0.4 is 0 Å². The summed E-state index contributed by atoms with van der Waals surface area (Å²) >= 11 is 0. The summed E-state index contributed by atoms with van der Waals surface area (Å²) in [6.07, 6.45) is 0.0847. The van der Waals surface area contributed by atoms with Crippen LogP contribution in [0.25, 0.3) is 5.69 Å². The molecule has 0 bridgehead atoms. The zero-order valence-corrected chi connectivity index (χ0v) is 12.6. The highest BCUT2D eigenvalue weighted by molar-refractivity contribution is 5.55. The van der Waals surface area contributed by atoms with Crippen LogP contribution in [-0.2, 0) is 6.42 Å². The van der Waals surface area contributed by atoms with Gasteiger partial charge in [-0.2, -0.15) is 5.10 Å². The average molecular weight is 289 g/mol. The van der Waals surface area contributed by atoms with E-state index in [2.05, 4.69) is 5.10 Å². The first-order valence-corrected chi connectivity index (χ1v) is 6.88. The Labute approximate surface area is 123 Å². The second-order valence-corrected chi connectivity index (χ2v) is 5.10. The third-order valence-corrected chi connectivity index (χ3v) is 3.70. The Bertz CT molecular complexity index is 690. The molecule has 0 saturated heterocycles. The van der Waals surface area contributed by atoms with E-state index in [1.165, 1.54) is 6.07 Å². The van der Waals surface area contributed by atoms with Crippen LogP contribution >= 0.6 is 0 Å². The van der Waals surface area contributed by atoms with Crippen LogP contribution in [0.3, 0.4) is 0 Å². The molecule has 0 saturated carbocycles. The molecule has 0 aliphatic rings. The molecule has 0 unspecified atom stereocenters. The zero-order chi connectivity index (χ0) is 15.7. The van der Waals surface area contributed by atoms with Crippen molar-refractivity contribution in [2.75, 3.05) is 0 Å². The van der Waals surface area contributed by atoms with Crippen molar-refractivity contribution in [3.8, 4) is 5.69 Å². The van der Waals surface area contributed by atoms with E-state index in [0.29, 0.717) is 11.3 Å². The van der Waals surface area contributed by atoms with E-state index in [9.17, 15) is 15.2 Å². The maximum absolute atomic E-state index is 11.3. The fourth-order valence-corrected chi connectivity index (χ4v) is 2.55. The molecule has 6 nitrogen and oxygen atoms in total. The summed E-state index contributed by atoms with van der Waals surface area (Å²) in [6, 6.07) is 4.73. The summed E-state index contributed by atoms with van der Waals surface area (Å²) < 4.78 is 1.61. The van der Waals surface area contributed by atoms with Gasteiger partial charge in [-0.05, 0) is 44.4 Å². The van der Waals surface area contributed by atoms with Crippen LogP contribution in [0.4, 0.5) is 5.69 Å². The number of nitro groups is 1. The first kappa shape index (κ1) is 15.2. The third-order valence-electron chi connectivity index (χ3n) is 3.70. The number of aromatic nitrogens is 2. The summed E-state index contributed by atoms with van der Waals surface area (Å²) in [7, 11) is 0. The van der Waals surface area contributed by atoms with Crippen molar-refractivity contribution in [2.24, 2.45) is 0 Å². The van der Waals surface area contributed by atoms with Crippen LogP contribution in [0, 0.1) is 24.0 Å². The first-order chi connectivity index (χ1) is 9.86. The molecule has 21 heavy (non-hydrogen) atoms. The molecule has 2 aromatic rings. The van der Waals surface area contributed by atoms with Crippen LogP contribution in [0.1, 0.15) is 42.5 Å². The van der Waals surface area contributed by atoms with Crippen LogP contribution in [0.15, 0.2) is 18.2 Å². The van der Waals surface area contributed by atoms with Gasteiger partial charge in [0.1, 0.15) is 5.69 Å². The molecule has 0 radical (unpaired) electrons. The molecule has 6 heteroatoms. The van der Waals surface area contributed by atoms with Crippen molar-refractivity contribution in [2.45, 2.75) is 40.2 Å². The first-order valence-electron chi connectivity index (χ1n) is 6.88. The average Bonchev–Trinajstić information content (AvgIpc) is 2.72. The number of rotatable bonds is 4. The highest BCUT2D eigenvalue weighted by atomic mass is 16.6. The topological polar surface area (TPSA) is 81.2 Å². The smallest absolute Gasteiger partial charge is 0.295 e. The van der Waals surface area contributed by atoms with Gasteiger partial charge in [0.05, 0.1) is 16.7 Å². The molecule has 0 spiro atoms. The second kappa shape index (κ2) is 5.65. The molecule has 0 amide bonds. The van der Waals surface area contributed by atoms with Gasteiger partial charge in [-0.1, -0.05) is 13.0 Å². The number of aliphatic hydroxyl groups is 1. The molecule has 0 fully saturated rings. The number of benzene rings is 1. The summed E-state index contributed by atoms with van der Waals surface area (Å²) in [5, 5.41) is 25.3. The monoisotopic (exact) mass is 289 g/mol. The van der Waals surface area contributed by atoms with Gasteiger partial charge in [0.2, 0.25) is 0 Å². The van der Waals surface area contributed by atoms with Gasteiger partial charge in [-0.15, -0.1) is 0 Å². The molecular weight excluding hydrogens is 270 g/mol. The SMILES string of the molecule is CCc1c(C)nn(-c2ccc([C@H](C)O)cc2[N+](=O)[O-])c1C. The molecule has 0 aliphatic heterocycles. The van der Waals surface area contributed by atoms with Gasteiger partial charge < -0.3 is 5.11 Å². The minimum Gasteiger partial charge on any atom is -0.389 e. The van der Waals surface area contributed by atoms with Crippen molar-refractivity contribution < 1.29 is 10.0 Å². The molecule has 1 atom stereocenters. The van der Waals surface area contributed by atoms with E-state index < -0.39 is 11.0 Å². The Kier molecular flexibility index (Phi) is 4.09. The molecule has 1 aromatic carbocycles. The minimum atomic E-state index is -0.746. The fraction of sp³-hybridized carbons (Fsp3) is 0.400. The zero-order valence-electron chi connectivity index (χ0n) is 12.6. The molecular formula is C15H19N3O3. The molecule has 1 aromatic heterocycles. The van der Waals surface area contributed by atoms with E-state index in [-0.39, 0.29) is 5.69 Å². The Morgan fingerprint density at radius 1 is 1.43 bits per heavy atom. The van der Waals surface area contributed by atoms with Crippen LogP contribution in [-0.4, -0.2) is 19.8 Å². The fourth-order valence-electron chi connectivity index (χ4n) is 2.55. The standard InChI is InChI=1S/C15H19N3O3/c1-5-13-9(2)16-17(10(13)3)14-7-6-12(11(4)19)8-15(14)18(20)21/h6-8,11,19H,5H2,1-4H3/t11-/m0/s1. The van der Waals surface area contributed by atoms with Crippen molar-refractivity contribution in [1.29, 1.82) is 0 Å². The lowest BCUT2D eigenvalue weighted by molar-refractivity contribution is -0.384. The van der Waals surface area contributed by atoms with Gasteiger partial charge >= 0.3 is 0 Å². The van der Waals surface area contributed by atoms with Crippen molar-refractivity contribution in [1.82, 2.24) is 9.78 Å². The molecule has 1 N–H and O–H groups in total. The quantitative estimate of drug-likeness (QED) is 0.693. The largest absolute Gasteiger partial charge is 0.389 e. The second-order valence-electron chi connectivity index (χ2n) is 5.10. The number of nitrogens with zero attached hydrogens (tertiary/aromatic N) is 3. The van der Waals surface area contributed by atoms with Gasteiger partial charge in [0.15, 0.2) is 0 Å². The maximum Gasteiger partial charge on any atom is 0.295 e. The van der Waals surface area contributed by atoms with E-state index in [1.54, 1.807) is 23.7 Å². The minimum absolute atomic E-state index is 0.0540. The Hall–Kier alpha value is -2.21. The number of aliphatic hydroxyl groups excluding tert-OH is 1. The number of aryl methyl sites for hydroxylation is 1. The lowest BCUT2D eigenvalue weighted by Gasteiger charge is -2.09. The van der Waals surface area contributed by atoms with Gasteiger partial charge in [0, 0.05) is 11.8 Å². The third kappa shape index (κ3) is 2.67. The highest BCUT2D eigenvalue weighted by Gasteiger charge is 2.21. The van der Waals surface area contributed by atoms with E-state index in [1.807, 2.05) is 20.8 Å². The predicted molar refractivity (Wildman–Crippen MR) is 79.7 cm³/mol. The lowest BCUT2D eigenvalue weighted by atomic mass is 10.1. The van der Waals surface area contributed by atoms with Gasteiger partial charge in [-0.3, -0.25) is 10.1 Å².